The summed E-state index contributed by atoms with van der Waals surface area (Å²) >= 11 is 1.44. The molecule has 7 nitrogen and oxygen atoms in total. The third-order valence-corrected chi connectivity index (χ3v) is 5.63. The maximum atomic E-state index is 12.9. The molecule has 0 amide bonds. The van der Waals surface area contributed by atoms with Crippen LogP contribution in [-0.2, 0) is 19.3 Å². The molecule has 2 aromatic heterocycles. The van der Waals surface area contributed by atoms with Crippen molar-refractivity contribution in [3.8, 4) is 6.07 Å². The van der Waals surface area contributed by atoms with E-state index in [1.807, 2.05) is 32.9 Å². The van der Waals surface area contributed by atoms with Crippen molar-refractivity contribution in [3.05, 3.63) is 62.1 Å². The fourth-order valence-electron chi connectivity index (χ4n) is 2.97. The zero-order chi connectivity index (χ0) is 21.1. The third-order valence-electron chi connectivity index (χ3n) is 4.59. The molecule has 8 heteroatoms. The van der Waals surface area contributed by atoms with E-state index in [1.54, 1.807) is 16.7 Å². The highest BCUT2D eigenvalue weighted by molar-refractivity contribution is 7.98. The summed E-state index contributed by atoms with van der Waals surface area (Å²) in [7, 11) is 1.49. The SMILES string of the molecule is CCCn1c(=O)n(C)c(=O)c2c(SCc3ccc(C#N)cc3)nc(C(C)C)nc21. The Hall–Kier alpha value is -2.92. The quantitative estimate of drug-likeness (QED) is 0.458. The van der Waals surface area contributed by atoms with Gasteiger partial charge in [-0.05, 0) is 24.1 Å². The zero-order valence-corrected chi connectivity index (χ0v) is 17.8. The highest BCUT2D eigenvalue weighted by Crippen LogP contribution is 2.27. The molecule has 0 saturated carbocycles. The molecule has 1 aromatic carbocycles. The Labute approximate surface area is 173 Å². The fraction of sp³-hybridized carbons (Fsp3) is 0.381. The Morgan fingerprint density at radius 3 is 2.45 bits per heavy atom. The van der Waals surface area contributed by atoms with Crippen LogP contribution in [0.3, 0.4) is 0 Å². The number of benzene rings is 1. The van der Waals surface area contributed by atoms with Crippen LogP contribution >= 0.6 is 11.8 Å². The summed E-state index contributed by atoms with van der Waals surface area (Å²) in [4.78, 5) is 34.8. The molecule has 0 N–H and O–H groups in total. The molecule has 0 atom stereocenters. The van der Waals surface area contributed by atoms with E-state index in [-0.39, 0.29) is 17.2 Å². The Bertz CT molecular complexity index is 1200. The predicted octanol–water partition coefficient (Wildman–Crippen LogP) is 3.19. The summed E-state index contributed by atoms with van der Waals surface area (Å²) in [5.74, 6) is 1.26. The topological polar surface area (TPSA) is 93.6 Å². The van der Waals surface area contributed by atoms with E-state index < -0.39 is 0 Å². The Balaban J connectivity index is 2.17. The number of nitriles is 1. The van der Waals surface area contributed by atoms with Gasteiger partial charge in [0.2, 0.25) is 0 Å². The Morgan fingerprint density at radius 2 is 1.86 bits per heavy atom. The molecule has 0 spiro atoms. The molecule has 0 aliphatic rings. The first-order valence-electron chi connectivity index (χ1n) is 9.50. The van der Waals surface area contributed by atoms with Crippen molar-refractivity contribution in [3.63, 3.8) is 0 Å². The maximum absolute atomic E-state index is 12.9. The normalized spacial score (nSPS) is 11.2. The molecule has 0 aliphatic carbocycles. The molecule has 150 valence electrons. The smallest absolute Gasteiger partial charge is 0.277 e. The van der Waals surface area contributed by atoms with Gasteiger partial charge in [-0.25, -0.2) is 14.8 Å². The van der Waals surface area contributed by atoms with E-state index in [9.17, 15) is 9.59 Å². The molecule has 0 radical (unpaired) electrons. The van der Waals surface area contributed by atoms with Crippen molar-refractivity contribution in [2.45, 2.75) is 50.4 Å². The highest BCUT2D eigenvalue weighted by Gasteiger charge is 2.19. The summed E-state index contributed by atoms with van der Waals surface area (Å²) in [5, 5.41) is 9.90. The van der Waals surface area contributed by atoms with E-state index >= 15 is 0 Å². The summed E-state index contributed by atoms with van der Waals surface area (Å²) in [5.41, 5.74) is 1.29. The van der Waals surface area contributed by atoms with Gasteiger partial charge in [0.05, 0.1) is 11.6 Å². The lowest BCUT2D eigenvalue weighted by molar-refractivity contribution is 0.603. The van der Waals surface area contributed by atoms with Gasteiger partial charge in [-0.3, -0.25) is 13.9 Å². The maximum Gasteiger partial charge on any atom is 0.332 e. The number of thioether (sulfide) groups is 1. The number of nitrogens with zero attached hydrogens (tertiary/aromatic N) is 5. The minimum absolute atomic E-state index is 0.0582. The van der Waals surface area contributed by atoms with Gasteiger partial charge in [-0.1, -0.05) is 32.9 Å². The summed E-state index contributed by atoms with van der Waals surface area (Å²) in [6.45, 7) is 6.44. The number of aromatic nitrogens is 4. The van der Waals surface area contributed by atoms with E-state index in [1.165, 1.54) is 18.8 Å². The lowest BCUT2D eigenvalue weighted by Gasteiger charge is -2.15. The van der Waals surface area contributed by atoms with Gasteiger partial charge in [0, 0.05) is 25.3 Å². The van der Waals surface area contributed by atoms with E-state index in [2.05, 4.69) is 16.0 Å². The number of hydrogen-bond donors (Lipinski definition) is 0. The molecule has 0 unspecified atom stereocenters. The molecular formula is C21H23N5O2S. The van der Waals surface area contributed by atoms with Gasteiger partial charge < -0.3 is 0 Å². The van der Waals surface area contributed by atoms with Crippen LogP contribution in [-0.4, -0.2) is 19.1 Å². The van der Waals surface area contributed by atoms with Gasteiger partial charge in [-0.15, -0.1) is 11.8 Å². The van der Waals surface area contributed by atoms with Crippen LogP contribution in [0.25, 0.3) is 11.0 Å². The summed E-state index contributed by atoms with van der Waals surface area (Å²) in [6, 6.07) is 9.43. The minimum atomic E-state index is -0.380. The van der Waals surface area contributed by atoms with Gasteiger partial charge in [0.1, 0.15) is 16.2 Å². The number of hydrogen-bond acceptors (Lipinski definition) is 6. The van der Waals surface area contributed by atoms with Crippen molar-refractivity contribution in [1.82, 2.24) is 19.1 Å². The predicted molar refractivity (Wildman–Crippen MR) is 114 cm³/mol. The minimum Gasteiger partial charge on any atom is -0.277 e. The van der Waals surface area contributed by atoms with Gasteiger partial charge >= 0.3 is 5.69 Å². The van der Waals surface area contributed by atoms with Crippen molar-refractivity contribution < 1.29 is 0 Å². The standard InChI is InChI=1S/C21H23N5O2S/c1-5-10-26-18-16(20(27)25(4)21(26)28)19(24-17(23-18)13(2)3)29-12-15-8-6-14(11-22)7-9-15/h6-9,13H,5,10,12H2,1-4H3. The number of aryl methyl sites for hydroxylation is 1. The van der Waals surface area contributed by atoms with Crippen molar-refractivity contribution in [1.29, 1.82) is 5.26 Å². The van der Waals surface area contributed by atoms with Gasteiger partial charge in [0.25, 0.3) is 5.56 Å². The first-order chi connectivity index (χ1) is 13.9. The van der Waals surface area contributed by atoms with E-state index in [0.717, 1.165) is 16.6 Å². The van der Waals surface area contributed by atoms with Crippen LogP contribution in [0.15, 0.2) is 38.9 Å². The molecule has 0 fully saturated rings. The lowest BCUT2D eigenvalue weighted by Crippen LogP contribution is -2.39. The van der Waals surface area contributed by atoms with Crippen LogP contribution in [0.4, 0.5) is 0 Å². The van der Waals surface area contributed by atoms with E-state index in [4.69, 9.17) is 5.26 Å². The largest absolute Gasteiger partial charge is 0.332 e. The average molecular weight is 410 g/mol. The molecule has 3 rings (SSSR count). The van der Waals surface area contributed by atoms with Crippen molar-refractivity contribution >= 4 is 22.8 Å². The number of fused-ring (bicyclic) bond motifs is 1. The molecule has 3 aromatic rings. The van der Waals surface area contributed by atoms with Crippen LogP contribution < -0.4 is 11.2 Å². The number of rotatable bonds is 6. The molecule has 0 saturated heterocycles. The second kappa shape index (κ2) is 8.62. The first-order valence-corrected chi connectivity index (χ1v) is 10.5. The van der Waals surface area contributed by atoms with Gasteiger partial charge in [0.15, 0.2) is 5.65 Å². The zero-order valence-electron chi connectivity index (χ0n) is 17.0. The summed E-state index contributed by atoms with van der Waals surface area (Å²) < 4.78 is 2.69. The molecule has 2 heterocycles. The monoisotopic (exact) mass is 409 g/mol. The second-order valence-electron chi connectivity index (χ2n) is 7.14. The second-order valence-corrected chi connectivity index (χ2v) is 8.10. The van der Waals surface area contributed by atoms with Crippen LogP contribution in [0.1, 0.15) is 50.1 Å². The van der Waals surface area contributed by atoms with E-state index in [0.29, 0.717) is 39.7 Å². The lowest BCUT2D eigenvalue weighted by atomic mass is 10.2. The molecule has 29 heavy (non-hydrogen) atoms. The first kappa shape index (κ1) is 20.8. The van der Waals surface area contributed by atoms with Crippen molar-refractivity contribution in [2.75, 3.05) is 0 Å². The van der Waals surface area contributed by atoms with Crippen LogP contribution in [0.5, 0.6) is 0 Å². The van der Waals surface area contributed by atoms with Crippen LogP contribution in [0, 0.1) is 11.3 Å². The fourth-order valence-corrected chi connectivity index (χ4v) is 3.95. The Morgan fingerprint density at radius 1 is 1.17 bits per heavy atom. The molecule has 0 bridgehead atoms. The van der Waals surface area contributed by atoms with Crippen LogP contribution in [0.2, 0.25) is 0 Å². The van der Waals surface area contributed by atoms with Crippen molar-refractivity contribution in [2.24, 2.45) is 7.05 Å². The third kappa shape index (κ3) is 4.10. The summed E-state index contributed by atoms with van der Waals surface area (Å²) in [6.07, 6.45) is 0.752. The molecule has 0 aliphatic heterocycles. The highest BCUT2D eigenvalue weighted by atomic mass is 32.2. The van der Waals surface area contributed by atoms with Gasteiger partial charge in [-0.2, -0.15) is 5.26 Å². The molecular weight excluding hydrogens is 386 g/mol. The average Bonchev–Trinajstić information content (AvgIpc) is 2.73. The Kier molecular flexibility index (Phi) is 6.18.